The molecule has 2 heterocycles. The van der Waals surface area contributed by atoms with Crippen molar-refractivity contribution in [1.29, 1.82) is 0 Å². The van der Waals surface area contributed by atoms with Crippen LogP contribution < -0.4 is 5.32 Å². The highest BCUT2D eigenvalue weighted by molar-refractivity contribution is 7.09. The zero-order chi connectivity index (χ0) is 14.2. The average molecular weight is 292 g/mol. The molecule has 20 heavy (non-hydrogen) atoms. The molecule has 2 N–H and O–H groups in total. The quantitative estimate of drug-likeness (QED) is 0.851. The first kappa shape index (κ1) is 13.7. The van der Waals surface area contributed by atoms with Crippen LogP contribution in [0.4, 0.5) is 0 Å². The van der Waals surface area contributed by atoms with Gasteiger partial charge in [-0.05, 0) is 19.8 Å². The molecule has 0 aromatic carbocycles. The fourth-order valence-corrected chi connectivity index (χ4v) is 3.15. The van der Waals surface area contributed by atoms with Crippen LogP contribution >= 0.6 is 11.3 Å². The van der Waals surface area contributed by atoms with Gasteiger partial charge in [0, 0.05) is 43.2 Å². The SMILES string of the molecule is Cn1cc(C(C)(O)CNCc2csc(C3CC3)n2)cn1. The molecule has 0 amide bonds. The Morgan fingerprint density at radius 1 is 1.55 bits per heavy atom. The Morgan fingerprint density at radius 3 is 3.00 bits per heavy atom. The monoisotopic (exact) mass is 292 g/mol. The molecule has 2 aromatic heterocycles. The highest BCUT2D eigenvalue weighted by Crippen LogP contribution is 2.41. The van der Waals surface area contributed by atoms with E-state index in [1.54, 1.807) is 29.1 Å². The maximum absolute atomic E-state index is 10.4. The number of aliphatic hydroxyl groups is 1. The topological polar surface area (TPSA) is 63.0 Å². The Hall–Kier alpha value is -1.24. The van der Waals surface area contributed by atoms with Crippen LogP contribution in [0.15, 0.2) is 17.8 Å². The summed E-state index contributed by atoms with van der Waals surface area (Å²) in [6.45, 7) is 2.97. The maximum atomic E-state index is 10.4. The van der Waals surface area contributed by atoms with Crippen molar-refractivity contribution in [2.45, 2.75) is 37.8 Å². The van der Waals surface area contributed by atoms with Gasteiger partial charge in [0.2, 0.25) is 0 Å². The van der Waals surface area contributed by atoms with Crippen molar-refractivity contribution in [2.75, 3.05) is 6.54 Å². The highest BCUT2D eigenvalue weighted by Gasteiger charge is 2.27. The van der Waals surface area contributed by atoms with E-state index in [0.29, 0.717) is 19.0 Å². The Balaban J connectivity index is 1.53. The molecule has 0 saturated heterocycles. The first-order valence-electron chi connectivity index (χ1n) is 6.91. The highest BCUT2D eigenvalue weighted by atomic mass is 32.1. The second kappa shape index (κ2) is 5.27. The summed E-state index contributed by atoms with van der Waals surface area (Å²) in [5.41, 5.74) is 0.979. The third-order valence-electron chi connectivity index (χ3n) is 3.60. The smallest absolute Gasteiger partial charge is 0.102 e. The molecular weight excluding hydrogens is 272 g/mol. The predicted molar refractivity (Wildman–Crippen MR) is 78.6 cm³/mol. The summed E-state index contributed by atoms with van der Waals surface area (Å²) < 4.78 is 1.70. The van der Waals surface area contributed by atoms with Gasteiger partial charge in [0.05, 0.1) is 16.9 Å². The molecule has 2 aromatic rings. The molecule has 1 saturated carbocycles. The molecule has 1 atom stereocenters. The summed E-state index contributed by atoms with van der Waals surface area (Å²) in [5, 5.41) is 21.2. The molecule has 0 aliphatic heterocycles. The normalized spacial score (nSPS) is 18.1. The fourth-order valence-electron chi connectivity index (χ4n) is 2.16. The Morgan fingerprint density at radius 2 is 2.35 bits per heavy atom. The molecule has 1 aliphatic rings. The van der Waals surface area contributed by atoms with Gasteiger partial charge in [-0.25, -0.2) is 4.98 Å². The number of aromatic nitrogens is 3. The summed E-state index contributed by atoms with van der Waals surface area (Å²) in [6.07, 6.45) is 6.12. The van der Waals surface area contributed by atoms with Crippen LogP contribution in [0, 0.1) is 0 Å². The molecule has 0 spiro atoms. The zero-order valence-electron chi connectivity index (χ0n) is 11.8. The summed E-state index contributed by atoms with van der Waals surface area (Å²) in [6, 6.07) is 0. The largest absolute Gasteiger partial charge is 0.384 e. The molecule has 0 radical (unpaired) electrons. The molecule has 3 rings (SSSR count). The second-order valence-electron chi connectivity index (χ2n) is 5.73. The fraction of sp³-hybridized carbons (Fsp3) is 0.571. The lowest BCUT2D eigenvalue weighted by Gasteiger charge is -2.22. The van der Waals surface area contributed by atoms with Gasteiger partial charge < -0.3 is 10.4 Å². The molecular formula is C14H20N4OS. The van der Waals surface area contributed by atoms with E-state index in [0.717, 1.165) is 11.3 Å². The van der Waals surface area contributed by atoms with Gasteiger partial charge in [-0.15, -0.1) is 11.3 Å². The van der Waals surface area contributed by atoms with Gasteiger partial charge in [0.25, 0.3) is 0 Å². The summed E-state index contributed by atoms with van der Waals surface area (Å²) >= 11 is 1.75. The van der Waals surface area contributed by atoms with E-state index in [1.165, 1.54) is 17.8 Å². The zero-order valence-corrected chi connectivity index (χ0v) is 12.7. The number of aryl methyl sites for hydroxylation is 1. The lowest BCUT2D eigenvalue weighted by atomic mass is 10.00. The van der Waals surface area contributed by atoms with Crippen LogP contribution in [0.25, 0.3) is 0 Å². The average Bonchev–Trinajstić information content (AvgIpc) is 2.97. The third-order valence-corrected chi connectivity index (χ3v) is 4.65. The van der Waals surface area contributed by atoms with Crippen LogP contribution in [-0.4, -0.2) is 26.4 Å². The molecule has 0 bridgehead atoms. The van der Waals surface area contributed by atoms with Crippen molar-refractivity contribution in [1.82, 2.24) is 20.1 Å². The first-order chi connectivity index (χ1) is 9.54. The maximum Gasteiger partial charge on any atom is 0.102 e. The van der Waals surface area contributed by atoms with E-state index in [2.05, 4.69) is 20.8 Å². The first-order valence-corrected chi connectivity index (χ1v) is 7.79. The third kappa shape index (κ3) is 3.08. The Kier molecular flexibility index (Phi) is 3.62. The molecule has 5 nitrogen and oxygen atoms in total. The number of rotatable bonds is 6. The summed E-state index contributed by atoms with van der Waals surface area (Å²) in [7, 11) is 1.85. The predicted octanol–water partition coefficient (Wildman–Crippen LogP) is 1.75. The molecule has 108 valence electrons. The minimum Gasteiger partial charge on any atom is -0.384 e. The van der Waals surface area contributed by atoms with Crippen molar-refractivity contribution in [3.05, 3.63) is 34.0 Å². The number of hydrogen-bond acceptors (Lipinski definition) is 5. The van der Waals surface area contributed by atoms with Crippen LogP contribution in [0.1, 0.15) is 41.9 Å². The van der Waals surface area contributed by atoms with Crippen LogP contribution in [-0.2, 0) is 19.2 Å². The second-order valence-corrected chi connectivity index (χ2v) is 6.62. The van der Waals surface area contributed by atoms with Crippen LogP contribution in [0.3, 0.4) is 0 Å². The molecule has 1 unspecified atom stereocenters. The minimum absolute atomic E-state index is 0.481. The number of nitrogens with one attached hydrogen (secondary N) is 1. The van der Waals surface area contributed by atoms with E-state index >= 15 is 0 Å². The Bertz CT molecular complexity index is 586. The molecule has 6 heteroatoms. The lowest BCUT2D eigenvalue weighted by molar-refractivity contribution is 0.0565. The van der Waals surface area contributed by atoms with E-state index in [4.69, 9.17) is 0 Å². The van der Waals surface area contributed by atoms with E-state index in [-0.39, 0.29) is 0 Å². The van der Waals surface area contributed by atoms with Gasteiger partial charge in [0.1, 0.15) is 5.60 Å². The summed E-state index contributed by atoms with van der Waals surface area (Å²) in [4.78, 5) is 4.63. The van der Waals surface area contributed by atoms with Crippen molar-refractivity contribution < 1.29 is 5.11 Å². The van der Waals surface area contributed by atoms with Gasteiger partial charge in [-0.3, -0.25) is 4.68 Å². The number of nitrogens with zero attached hydrogens (tertiary/aromatic N) is 3. The van der Waals surface area contributed by atoms with Gasteiger partial charge >= 0.3 is 0 Å². The standard InChI is InChI=1S/C14H20N4OS/c1-14(19,11-5-16-18(2)7-11)9-15-6-12-8-20-13(17-12)10-3-4-10/h5,7-8,10,15,19H,3-4,6,9H2,1-2H3. The van der Waals surface area contributed by atoms with Crippen LogP contribution in [0.5, 0.6) is 0 Å². The van der Waals surface area contributed by atoms with E-state index < -0.39 is 5.60 Å². The van der Waals surface area contributed by atoms with Gasteiger partial charge in [0.15, 0.2) is 0 Å². The lowest BCUT2D eigenvalue weighted by Crippen LogP contribution is -2.34. The van der Waals surface area contributed by atoms with E-state index in [1.807, 2.05) is 13.2 Å². The summed E-state index contributed by atoms with van der Waals surface area (Å²) in [5.74, 6) is 0.715. The number of thiazole rings is 1. The van der Waals surface area contributed by atoms with Crippen molar-refractivity contribution >= 4 is 11.3 Å². The van der Waals surface area contributed by atoms with Crippen molar-refractivity contribution in [2.24, 2.45) is 7.05 Å². The minimum atomic E-state index is -0.913. The van der Waals surface area contributed by atoms with Gasteiger partial charge in [-0.1, -0.05) is 0 Å². The van der Waals surface area contributed by atoms with Gasteiger partial charge in [-0.2, -0.15) is 5.10 Å². The van der Waals surface area contributed by atoms with Crippen molar-refractivity contribution in [3.63, 3.8) is 0 Å². The number of hydrogen-bond donors (Lipinski definition) is 2. The van der Waals surface area contributed by atoms with E-state index in [9.17, 15) is 5.11 Å². The van der Waals surface area contributed by atoms with Crippen molar-refractivity contribution in [3.8, 4) is 0 Å². The Labute approximate surface area is 122 Å². The molecule has 1 fully saturated rings. The van der Waals surface area contributed by atoms with Crippen LogP contribution in [0.2, 0.25) is 0 Å². The molecule has 1 aliphatic carbocycles.